The van der Waals surface area contributed by atoms with E-state index in [-0.39, 0.29) is 0 Å². The Kier molecular flexibility index (Phi) is 4.51. The average molecular weight is 346 g/mol. The number of aromatic nitrogens is 1. The van der Waals surface area contributed by atoms with Gasteiger partial charge in [-0.1, -0.05) is 15.9 Å². The molecule has 0 spiro atoms. The third-order valence-corrected chi connectivity index (χ3v) is 5.55. The fraction of sp³-hybridized carbons (Fsp3) is 0.385. The zero-order valence-electron chi connectivity index (χ0n) is 11.2. The molecule has 6 heteroatoms. The fourth-order valence-corrected chi connectivity index (χ4v) is 4.23. The molecule has 0 amide bonds. The fourth-order valence-electron chi connectivity index (χ4n) is 2.06. The lowest BCUT2D eigenvalue weighted by molar-refractivity contribution is 0.229. The van der Waals surface area contributed by atoms with Crippen LogP contribution < -0.4 is 5.44 Å². The maximum Gasteiger partial charge on any atom is 0.377 e. The van der Waals surface area contributed by atoms with E-state index in [1.807, 2.05) is 25.1 Å². The number of aryl methyl sites for hydroxylation is 1. The van der Waals surface area contributed by atoms with E-state index in [0.29, 0.717) is 18.6 Å². The molecule has 4 nitrogen and oxygen atoms in total. The number of halogens is 1. The van der Waals surface area contributed by atoms with Crippen molar-refractivity contribution in [1.29, 1.82) is 0 Å². The minimum absolute atomic E-state index is 0.343. The molecule has 0 saturated heterocycles. The summed E-state index contributed by atoms with van der Waals surface area (Å²) in [5, 5.41) is 1.02. The van der Waals surface area contributed by atoms with Crippen molar-refractivity contribution < 1.29 is 13.6 Å². The van der Waals surface area contributed by atoms with E-state index in [1.165, 1.54) is 0 Å². The third-order valence-electron chi connectivity index (χ3n) is 2.87. The van der Waals surface area contributed by atoms with Crippen molar-refractivity contribution in [3.8, 4) is 0 Å². The van der Waals surface area contributed by atoms with Crippen molar-refractivity contribution >= 4 is 39.9 Å². The maximum absolute atomic E-state index is 12.8. The number of fused-ring (bicyclic) bond motifs is 1. The first kappa shape index (κ1) is 14.8. The summed E-state index contributed by atoms with van der Waals surface area (Å²) in [5.41, 5.74) is 2.38. The van der Waals surface area contributed by atoms with E-state index in [2.05, 4.69) is 20.9 Å². The number of benzene rings is 1. The predicted molar refractivity (Wildman–Crippen MR) is 81.2 cm³/mol. The van der Waals surface area contributed by atoms with Gasteiger partial charge >= 0.3 is 7.60 Å². The van der Waals surface area contributed by atoms with Gasteiger partial charge in [0.2, 0.25) is 0 Å². The summed E-state index contributed by atoms with van der Waals surface area (Å²) < 4.78 is 24.6. The van der Waals surface area contributed by atoms with Crippen molar-refractivity contribution in [2.45, 2.75) is 20.8 Å². The molecule has 0 aliphatic rings. The van der Waals surface area contributed by atoms with E-state index in [0.717, 1.165) is 20.9 Å². The molecule has 0 atom stereocenters. The molecular weight excluding hydrogens is 329 g/mol. The summed E-state index contributed by atoms with van der Waals surface area (Å²) >= 11 is 3.44. The first-order valence-corrected chi connectivity index (χ1v) is 8.53. The highest BCUT2D eigenvalue weighted by Crippen LogP contribution is 2.48. The van der Waals surface area contributed by atoms with Crippen molar-refractivity contribution in [2.24, 2.45) is 0 Å². The number of nitrogens with one attached hydrogen (secondary N) is 1. The molecule has 2 rings (SSSR count). The number of H-pyrrole nitrogens is 1. The molecule has 1 N–H and O–H groups in total. The van der Waals surface area contributed by atoms with E-state index in [9.17, 15) is 4.57 Å². The molecule has 19 heavy (non-hydrogen) atoms. The minimum Gasteiger partial charge on any atom is -0.348 e. The lowest BCUT2D eigenvalue weighted by atomic mass is 10.2. The highest BCUT2D eigenvalue weighted by Gasteiger charge is 2.31. The maximum atomic E-state index is 12.8. The summed E-state index contributed by atoms with van der Waals surface area (Å²) in [5.74, 6) is 0. The van der Waals surface area contributed by atoms with Crippen molar-refractivity contribution in [2.75, 3.05) is 13.2 Å². The highest BCUT2D eigenvalue weighted by molar-refractivity contribution is 9.10. The number of hydrogen-bond donors (Lipinski definition) is 1. The van der Waals surface area contributed by atoms with Crippen molar-refractivity contribution in [3.05, 3.63) is 28.2 Å². The van der Waals surface area contributed by atoms with Crippen LogP contribution in [-0.2, 0) is 13.6 Å². The number of rotatable bonds is 5. The summed E-state index contributed by atoms with van der Waals surface area (Å²) in [6, 6.07) is 5.87. The van der Waals surface area contributed by atoms with Crippen LogP contribution in [0.2, 0.25) is 0 Å². The summed E-state index contributed by atoms with van der Waals surface area (Å²) in [6.07, 6.45) is 0. The van der Waals surface area contributed by atoms with Crippen LogP contribution in [0.15, 0.2) is 22.7 Å². The second-order valence-electron chi connectivity index (χ2n) is 4.12. The lowest BCUT2D eigenvalue weighted by Crippen LogP contribution is -2.14. The standard InChI is InChI=1S/C13H17BrNO3P/c1-4-17-19(16,18-5-2)13-9(3)11-8-10(14)6-7-12(11)15-13/h6-8,15H,4-5H2,1-3H3. The highest BCUT2D eigenvalue weighted by atomic mass is 79.9. The molecule has 0 unspecified atom stereocenters. The van der Waals surface area contributed by atoms with Crippen molar-refractivity contribution in [3.63, 3.8) is 0 Å². The van der Waals surface area contributed by atoms with E-state index in [1.54, 1.807) is 13.8 Å². The zero-order chi connectivity index (χ0) is 14.0. The Bertz CT molecular complexity index is 628. The van der Waals surface area contributed by atoms with Gasteiger partial charge in [-0.25, -0.2) is 0 Å². The van der Waals surface area contributed by atoms with Crippen LogP contribution in [0, 0.1) is 6.92 Å². The Morgan fingerprint density at radius 1 is 1.26 bits per heavy atom. The topological polar surface area (TPSA) is 51.3 Å². The number of hydrogen-bond acceptors (Lipinski definition) is 3. The Hall–Kier alpha value is -0.610. The van der Waals surface area contributed by atoms with Gasteiger partial charge in [0.05, 0.1) is 13.2 Å². The summed E-state index contributed by atoms with van der Waals surface area (Å²) in [7, 11) is -3.27. The van der Waals surface area contributed by atoms with E-state index < -0.39 is 7.60 Å². The zero-order valence-corrected chi connectivity index (χ0v) is 13.7. The largest absolute Gasteiger partial charge is 0.377 e. The molecule has 0 radical (unpaired) electrons. The van der Waals surface area contributed by atoms with Gasteiger partial charge in [-0.2, -0.15) is 0 Å². The van der Waals surface area contributed by atoms with E-state index in [4.69, 9.17) is 9.05 Å². The third kappa shape index (κ3) is 2.79. The van der Waals surface area contributed by atoms with Gasteiger partial charge in [0.1, 0.15) is 5.44 Å². The second-order valence-corrected chi connectivity index (χ2v) is 7.00. The molecule has 2 aromatic rings. The smallest absolute Gasteiger partial charge is 0.348 e. The van der Waals surface area contributed by atoms with Crippen LogP contribution in [0.25, 0.3) is 10.9 Å². The quantitative estimate of drug-likeness (QED) is 0.829. The first-order chi connectivity index (χ1) is 9.01. The van der Waals surface area contributed by atoms with Crippen LogP contribution in [0.4, 0.5) is 0 Å². The molecule has 1 heterocycles. The summed E-state index contributed by atoms with van der Waals surface area (Å²) in [4.78, 5) is 3.17. The van der Waals surface area contributed by atoms with Gasteiger partial charge in [-0.3, -0.25) is 4.57 Å². The lowest BCUT2D eigenvalue weighted by Gasteiger charge is -2.16. The Morgan fingerprint density at radius 3 is 2.47 bits per heavy atom. The van der Waals surface area contributed by atoms with Crippen LogP contribution in [0.5, 0.6) is 0 Å². The normalized spacial score (nSPS) is 12.2. The Morgan fingerprint density at radius 2 is 1.89 bits per heavy atom. The minimum atomic E-state index is -3.27. The molecular formula is C13H17BrNO3P. The first-order valence-electron chi connectivity index (χ1n) is 6.19. The monoisotopic (exact) mass is 345 g/mol. The molecule has 1 aromatic carbocycles. The van der Waals surface area contributed by atoms with Gasteiger partial charge in [0.25, 0.3) is 0 Å². The van der Waals surface area contributed by atoms with Gasteiger partial charge < -0.3 is 14.0 Å². The molecule has 0 saturated carbocycles. The van der Waals surface area contributed by atoms with Crippen molar-refractivity contribution in [1.82, 2.24) is 4.98 Å². The van der Waals surface area contributed by atoms with Gasteiger partial charge in [-0.05, 0) is 44.5 Å². The van der Waals surface area contributed by atoms with Crippen LogP contribution >= 0.6 is 23.5 Å². The Balaban J connectivity index is 2.60. The Labute approximate surface area is 121 Å². The SMILES string of the molecule is CCOP(=O)(OCC)c1[nH]c2ccc(Br)cc2c1C. The predicted octanol–water partition coefficient (Wildman–Crippen LogP) is 4.13. The van der Waals surface area contributed by atoms with Gasteiger partial charge in [0, 0.05) is 15.4 Å². The molecule has 0 aliphatic heterocycles. The van der Waals surface area contributed by atoms with E-state index >= 15 is 0 Å². The molecule has 104 valence electrons. The van der Waals surface area contributed by atoms with Gasteiger partial charge in [-0.15, -0.1) is 0 Å². The summed E-state index contributed by atoms with van der Waals surface area (Å²) in [6.45, 7) is 6.22. The molecule has 1 aromatic heterocycles. The second kappa shape index (κ2) is 5.80. The molecule has 0 bridgehead atoms. The van der Waals surface area contributed by atoms with Crippen LogP contribution in [-0.4, -0.2) is 18.2 Å². The van der Waals surface area contributed by atoms with Gasteiger partial charge in [0.15, 0.2) is 0 Å². The average Bonchev–Trinajstić information content (AvgIpc) is 2.68. The van der Waals surface area contributed by atoms with Crippen LogP contribution in [0.1, 0.15) is 19.4 Å². The molecule has 0 aliphatic carbocycles. The van der Waals surface area contributed by atoms with Crippen LogP contribution in [0.3, 0.4) is 0 Å². The number of aromatic amines is 1. The molecule has 0 fully saturated rings.